The molecule has 178 valence electrons. The molecule has 2 aromatic carbocycles. The number of primary amides is 1. The van der Waals surface area contributed by atoms with Crippen molar-refractivity contribution in [1.29, 1.82) is 0 Å². The van der Waals surface area contributed by atoms with Crippen LogP contribution in [0.1, 0.15) is 16.8 Å². The fourth-order valence-corrected chi connectivity index (χ4v) is 4.60. The van der Waals surface area contributed by atoms with Crippen LogP contribution in [0, 0.1) is 0 Å². The molecule has 1 aliphatic heterocycles. The van der Waals surface area contributed by atoms with Gasteiger partial charge in [0.2, 0.25) is 11.8 Å². The molecule has 0 radical (unpaired) electrons. The standard InChI is InChI=1S/C24H27N5O4S/c25-22(31)17-6-8-18(9-7-17)26-21(30)16-34-24-27-20-5-2-1-4-19(20)23(32)29(24)11-3-10-28-12-14-33-15-13-28/h1-2,4-9H,3,10-16H2,(H2,25,31)(H,26,30). The van der Waals surface area contributed by atoms with Crippen molar-refractivity contribution in [1.82, 2.24) is 14.5 Å². The molecule has 9 nitrogen and oxygen atoms in total. The lowest BCUT2D eigenvalue weighted by Gasteiger charge is -2.26. The Morgan fingerprint density at radius 2 is 1.79 bits per heavy atom. The van der Waals surface area contributed by atoms with Crippen molar-refractivity contribution in [3.05, 3.63) is 64.4 Å². The first kappa shape index (κ1) is 23.9. The summed E-state index contributed by atoms with van der Waals surface area (Å²) in [4.78, 5) is 43.9. The summed E-state index contributed by atoms with van der Waals surface area (Å²) < 4.78 is 7.06. The Morgan fingerprint density at radius 3 is 2.53 bits per heavy atom. The number of thioether (sulfide) groups is 1. The van der Waals surface area contributed by atoms with E-state index in [1.165, 1.54) is 11.8 Å². The predicted octanol–water partition coefficient (Wildman–Crippen LogP) is 1.95. The first-order chi connectivity index (χ1) is 16.5. The number of nitrogens with two attached hydrogens (primary N) is 1. The second-order valence-electron chi connectivity index (χ2n) is 7.95. The van der Waals surface area contributed by atoms with E-state index in [0.29, 0.717) is 33.9 Å². The molecule has 3 aromatic rings. The highest BCUT2D eigenvalue weighted by atomic mass is 32.2. The Kier molecular flexibility index (Phi) is 7.94. The van der Waals surface area contributed by atoms with Gasteiger partial charge in [-0.25, -0.2) is 4.98 Å². The van der Waals surface area contributed by atoms with Crippen molar-refractivity contribution in [3.8, 4) is 0 Å². The summed E-state index contributed by atoms with van der Waals surface area (Å²) in [6, 6.07) is 13.6. The van der Waals surface area contributed by atoms with Crippen molar-refractivity contribution in [3.63, 3.8) is 0 Å². The molecular weight excluding hydrogens is 454 g/mol. The van der Waals surface area contributed by atoms with Crippen LogP contribution in [0.5, 0.6) is 0 Å². The summed E-state index contributed by atoms with van der Waals surface area (Å²) in [7, 11) is 0. The molecule has 0 aliphatic carbocycles. The molecule has 2 heterocycles. The zero-order chi connectivity index (χ0) is 23.9. The van der Waals surface area contributed by atoms with Gasteiger partial charge in [0, 0.05) is 37.4 Å². The number of ether oxygens (including phenoxy) is 1. The van der Waals surface area contributed by atoms with Gasteiger partial charge in [0.05, 0.1) is 29.9 Å². The molecule has 4 rings (SSSR count). The van der Waals surface area contributed by atoms with Crippen molar-refractivity contribution < 1.29 is 14.3 Å². The first-order valence-corrected chi connectivity index (χ1v) is 12.1. The third kappa shape index (κ3) is 6.02. The summed E-state index contributed by atoms with van der Waals surface area (Å²) in [5.74, 6) is -0.673. The van der Waals surface area contributed by atoms with Crippen LogP contribution in [0.3, 0.4) is 0 Å². The molecule has 0 bridgehead atoms. The summed E-state index contributed by atoms with van der Waals surface area (Å²) in [6.07, 6.45) is 0.798. The zero-order valence-corrected chi connectivity index (χ0v) is 19.6. The third-order valence-electron chi connectivity index (χ3n) is 5.57. The Bertz CT molecular complexity index is 1220. The molecule has 10 heteroatoms. The van der Waals surface area contributed by atoms with Crippen LogP contribution in [0.2, 0.25) is 0 Å². The van der Waals surface area contributed by atoms with Gasteiger partial charge in [-0.3, -0.25) is 23.9 Å². The number of rotatable bonds is 9. The van der Waals surface area contributed by atoms with Crippen LogP contribution in [0.15, 0.2) is 58.5 Å². The minimum Gasteiger partial charge on any atom is -0.379 e. The second-order valence-corrected chi connectivity index (χ2v) is 8.90. The molecule has 1 saturated heterocycles. The molecule has 0 atom stereocenters. The molecule has 0 spiro atoms. The Labute approximate surface area is 201 Å². The Balaban J connectivity index is 1.45. The maximum atomic E-state index is 13.2. The molecule has 1 fully saturated rings. The van der Waals surface area contributed by atoms with E-state index in [2.05, 4.69) is 15.2 Å². The number of carbonyl (C=O) groups excluding carboxylic acids is 2. The van der Waals surface area contributed by atoms with Crippen molar-refractivity contribution >= 4 is 40.2 Å². The average Bonchev–Trinajstić information content (AvgIpc) is 2.85. The Morgan fingerprint density at radius 1 is 1.06 bits per heavy atom. The smallest absolute Gasteiger partial charge is 0.262 e. The third-order valence-corrected chi connectivity index (χ3v) is 6.55. The monoisotopic (exact) mass is 481 g/mol. The van der Waals surface area contributed by atoms with Gasteiger partial charge in [-0.05, 0) is 42.8 Å². The van der Waals surface area contributed by atoms with Gasteiger partial charge in [0.15, 0.2) is 5.16 Å². The number of amides is 2. The fraction of sp³-hybridized carbons (Fsp3) is 0.333. The van der Waals surface area contributed by atoms with Gasteiger partial charge in [0.1, 0.15) is 0 Å². The van der Waals surface area contributed by atoms with Crippen LogP contribution >= 0.6 is 11.8 Å². The highest BCUT2D eigenvalue weighted by molar-refractivity contribution is 7.99. The molecule has 3 N–H and O–H groups in total. The van der Waals surface area contributed by atoms with Crippen molar-refractivity contribution in [2.75, 3.05) is 43.9 Å². The highest BCUT2D eigenvalue weighted by Gasteiger charge is 2.15. The number of anilines is 1. The lowest BCUT2D eigenvalue weighted by atomic mass is 10.2. The molecule has 1 aliphatic rings. The van der Waals surface area contributed by atoms with Crippen LogP contribution in [-0.2, 0) is 16.1 Å². The summed E-state index contributed by atoms with van der Waals surface area (Å²) in [5, 5.41) is 3.88. The number of benzene rings is 2. The number of nitrogens with one attached hydrogen (secondary N) is 1. The van der Waals surface area contributed by atoms with E-state index in [1.54, 1.807) is 41.0 Å². The van der Waals surface area contributed by atoms with Crippen LogP contribution in [0.25, 0.3) is 10.9 Å². The van der Waals surface area contributed by atoms with E-state index >= 15 is 0 Å². The number of hydrogen-bond acceptors (Lipinski definition) is 7. The Hall–Kier alpha value is -3.21. The number of fused-ring (bicyclic) bond motifs is 1. The summed E-state index contributed by atoms with van der Waals surface area (Å²) in [6.45, 7) is 4.65. The predicted molar refractivity (Wildman–Crippen MR) is 132 cm³/mol. The zero-order valence-electron chi connectivity index (χ0n) is 18.7. The largest absolute Gasteiger partial charge is 0.379 e. The van der Waals surface area contributed by atoms with Gasteiger partial charge in [-0.1, -0.05) is 23.9 Å². The maximum absolute atomic E-state index is 13.2. The van der Waals surface area contributed by atoms with E-state index in [4.69, 9.17) is 10.5 Å². The van der Waals surface area contributed by atoms with Gasteiger partial charge in [-0.15, -0.1) is 0 Å². The van der Waals surface area contributed by atoms with E-state index in [1.807, 2.05) is 12.1 Å². The summed E-state index contributed by atoms with van der Waals surface area (Å²) >= 11 is 1.23. The van der Waals surface area contributed by atoms with E-state index in [9.17, 15) is 14.4 Å². The number of para-hydroxylation sites is 1. The van der Waals surface area contributed by atoms with Gasteiger partial charge in [-0.2, -0.15) is 0 Å². The summed E-state index contributed by atoms with van der Waals surface area (Å²) in [5.41, 5.74) is 6.69. The number of carbonyl (C=O) groups is 2. The van der Waals surface area contributed by atoms with Gasteiger partial charge >= 0.3 is 0 Å². The topological polar surface area (TPSA) is 120 Å². The lowest BCUT2D eigenvalue weighted by molar-refractivity contribution is -0.113. The number of nitrogens with zero attached hydrogens (tertiary/aromatic N) is 3. The van der Waals surface area contributed by atoms with E-state index < -0.39 is 5.91 Å². The highest BCUT2D eigenvalue weighted by Crippen LogP contribution is 2.19. The van der Waals surface area contributed by atoms with Gasteiger partial charge < -0.3 is 15.8 Å². The quantitative estimate of drug-likeness (QED) is 0.354. The molecule has 34 heavy (non-hydrogen) atoms. The fourth-order valence-electron chi connectivity index (χ4n) is 3.78. The molecule has 2 amide bonds. The first-order valence-electron chi connectivity index (χ1n) is 11.1. The van der Waals surface area contributed by atoms with Crippen LogP contribution in [0.4, 0.5) is 5.69 Å². The molecular formula is C24H27N5O4S. The number of aromatic nitrogens is 2. The van der Waals surface area contributed by atoms with Crippen molar-refractivity contribution in [2.24, 2.45) is 5.73 Å². The lowest BCUT2D eigenvalue weighted by Crippen LogP contribution is -2.37. The minimum atomic E-state index is -0.526. The van der Waals surface area contributed by atoms with E-state index in [0.717, 1.165) is 39.3 Å². The maximum Gasteiger partial charge on any atom is 0.262 e. The molecule has 0 unspecified atom stereocenters. The number of hydrogen-bond donors (Lipinski definition) is 2. The van der Waals surface area contributed by atoms with E-state index in [-0.39, 0.29) is 17.2 Å². The normalized spacial score (nSPS) is 14.2. The van der Waals surface area contributed by atoms with Crippen LogP contribution in [-0.4, -0.2) is 64.9 Å². The molecule has 1 aromatic heterocycles. The average molecular weight is 482 g/mol. The number of morpholine rings is 1. The van der Waals surface area contributed by atoms with Crippen LogP contribution < -0.4 is 16.6 Å². The second kappa shape index (κ2) is 11.3. The SMILES string of the molecule is NC(=O)c1ccc(NC(=O)CSc2nc3ccccc3c(=O)n2CCCN2CCOCC2)cc1. The molecule has 0 saturated carbocycles. The van der Waals surface area contributed by atoms with Crippen molar-refractivity contribution in [2.45, 2.75) is 18.1 Å². The minimum absolute atomic E-state index is 0.0891. The van der Waals surface area contributed by atoms with Gasteiger partial charge in [0.25, 0.3) is 5.56 Å².